The number of benzene rings is 3. The van der Waals surface area contributed by atoms with Gasteiger partial charge in [-0.05, 0) is 28.8 Å². The molecule has 0 fully saturated rings. The summed E-state index contributed by atoms with van der Waals surface area (Å²) < 4.78 is 45.2. The van der Waals surface area contributed by atoms with Crippen LogP contribution in [0.25, 0.3) is 0 Å². The predicted molar refractivity (Wildman–Crippen MR) is 113 cm³/mol. The van der Waals surface area contributed by atoms with Gasteiger partial charge in [-0.25, -0.2) is 9.18 Å². The minimum absolute atomic E-state index is 0.0205. The second-order valence-electron chi connectivity index (χ2n) is 7.07. The first-order valence-electron chi connectivity index (χ1n) is 9.71. The molecule has 0 bridgehead atoms. The van der Waals surface area contributed by atoms with E-state index in [0.717, 1.165) is 11.4 Å². The molecular formula is C24H20F4N2O2. The van der Waals surface area contributed by atoms with Crippen molar-refractivity contribution in [1.82, 2.24) is 5.32 Å². The molecule has 0 aliphatic carbocycles. The number of hydrogen-bond acceptors (Lipinski definition) is 3. The van der Waals surface area contributed by atoms with Gasteiger partial charge < -0.3 is 10.4 Å². The van der Waals surface area contributed by atoms with Crippen LogP contribution in [0.3, 0.4) is 0 Å². The van der Waals surface area contributed by atoms with E-state index < -0.39 is 12.1 Å². The van der Waals surface area contributed by atoms with Crippen LogP contribution in [-0.4, -0.2) is 23.1 Å². The van der Waals surface area contributed by atoms with E-state index >= 15 is 0 Å². The maximum absolute atomic E-state index is 13.5. The van der Waals surface area contributed by atoms with Crippen LogP contribution < -0.4 is 5.32 Å². The summed E-state index contributed by atoms with van der Waals surface area (Å²) in [7, 11) is 0. The molecule has 3 aromatic carbocycles. The summed E-state index contributed by atoms with van der Waals surface area (Å²) in [6.07, 6.45) is -4.48. The van der Waals surface area contributed by atoms with E-state index in [1.807, 2.05) is 42.5 Å². The normalized spacial score (nSPS) is 17.6. The first kappa shape index (κ1) is 23.0. The Kier molecular flexibility index (Phi) is 7.25. The topological polar surface area (TPSA) is 61.7 Å². The second-order valence-corrected chi connectivity index (χ2v) is 7.07. The first-order valence-corrected chi connectivity index (χ1v) is 9.71. The van der Waals surface area contributed by atoms with E-state index in [0.29, 0.717) is 6.42 Å². The molecule has 1 aliphatic rings. The van der Waals surface area contributed by atoms with E-state index in [4.69, 9.17) is 14.9 Å². The Morgan fingerprint density at radius 3 is 2.00 bits per heavy atom. The zero-order chi connectivity index (χ0) is 23.1. The summed E-state index contributed by atoms with van der Waals surface area (Å²) in [4.78, 5) is 13.8. The zero-order valence-corrected chi connectivity index (χ0v) is 16.8. The Hall–Kier alpha value is -3.68. The van der Waals surface area contributed by atoms with Gasteiger partial charge in [0.2, 0.25) is 0 Å². The molecule has 1 heterocycles. The van der Waals surface area contributed by atoms with Crippen molar-refractivity contribution >= 4 is 11.8 Å². The van der Waals surface area contributed by atoms with Gasteiger partial charge in [0, 0.05) is 6.42 Å². The number of nitrogens with zero attached hydrogens (tertiary/aromatic N) is 1. The number of rotatable bonds is 4. The number of amidine groups is 1. The molecule has 2 N–H and O–H groups in total. The average molecular weight is 444 g/mol. The average Bonchev–Trinajstić information content (AvgIpc) is 3.18. The molecule has 4 nitrogen and oxygen atoms in total. The molecule has 0 amide bonds. The maximum Gasteiger partial charge on any atom is 0.490 e. The molecule has 0 saturated carbocycles. The Morgan fingerprint density at radius 2 is 1.47 bits per heavy atom. The van der Waals surface area contributed by atoms with Gasteiger partial charge >= 0.3 is 12.1 Å². The number of carboxylic acids is 1. The van der Waals surface area contributed by atoms with E-state index in [1.54, 1.807) is 12.1 Å². The summed E-state index contributed by atoms with van der Waals surface area (Å²) in [5, 5.41) is 10.7. The van der Waals surface area contributed by atoms with Crippen molar-refractivity contribution in [3.8, 4) is 0 Å². The van der Waals surface area contributed by atoms with Crippen molar-refractivity contribution in [2.75, 3.05) is 0 Å². The lowest BCUT2D eigenvalue weighted by atomic mass is 9.95. The van der Waals surface area contributed by atoms with E-state index in [-0.39, 0.29) is 17.9 Å². The molecule has 8 heteroatoms. The minimum Gasteiger partial charge on any atom is -0.475 e. The fourth-order valence-electron chi connectivity index (χ4n) is 3.32. The van der Waals surface area contributed by atoms with Gasteiger partial charge in [-0.15, -0.1) is 0 Å². The van der Waals surface area contributed by atoms with E-state index in [2.05, 4.69) is 29.6 Å². The Bertz CT molecular complexity index is 1070. The highest BCUT2D eigenvalue weighted by molar-refractivity contribution is 5.87. The standard InChI is InChI=1S/C22H19FN2.C2HF3O2/c23-19-13-7-8-16(14-19)15-20-24-21(17-9-3-1-4-10-17)22(25-20)18-11-5-2-6-12-18;3-2(4,5)1(6)7/h1-14,21-22H,15H2,(H,24,25);(H,6,7)/t21-,22+;. The predicted octanol–water partition coefficient (Wildman–Crippen LogP) is 5.49. The summed E-state index contributed by atoms with van der Waals surface area (Å²) >= 11 is 0. The molecule has 0 aromatic heterocycles. The highest BCUT2D eigenvalue weighted by atomic mass is 19.4. The molecule has 3 aromatic rings. The third-order valence-corrected chi connectivity index (χ3v) is 4.74. The summed E-state index contributed by atoms with van der Waals surface area (Å²) in [6.45, 7) is 0. The van der Waals surface area contributed by atoms with Gasteiger partial charge in [0.05, 0.1) is 6.04 Å². The fraction of sp³-hybridized carbons (Fsp3) is 0.167. The number of nitrogens with one attached hydrogen (secondary N) is 1. The smallest absolute Gasteiger partial charge is 0.475 e. The van der Waals surface area contributed by atoms with Crippen molar-refractivity contribution in [2.45, 2.75) is 24.7 Å². The lowest BCUT2D eigenvalue weighted by Gasteiger charge is -2.19. The van der Waals surface area contributed by atoms with E-state index in [1.165, 1.54) is 17.2 Å². The third-order valence-electron chi connectivity index (χ3n) is 4.74. The highest BCUT2D eigenvalue weighted by Gasteiger charge is 2.38. The molecule has 4 rings (SSSR count). The largest absolute Gasteiger partial charge is 0.490 e. The van der Waals surface area contributed by atoms with Crippen LogP contribution >= 0.6 is 0 Å². The van der Waals surface area contributed by atoms with Crippen molar-refractivity contribution in [3.05, 3.63) is 107 Å². The molecule has 0 spiro atoms. The number of alkyl halides is 3. The molecular weight excluding hydrogens is 424 g/mol. The Balaban J connectivity index is 0.000000360. The number of aliphatic carboxylic acids is 1. The third kappa shape index (κ3) is 6.16. The van der Waals surface area contributed by atoms with Gasteiger partial charge in [-0.1, -0.05) is 72.8 Å². The van der Waals surface area contributed by atoms with Crippen molar-refractivity contribution in [2.24, 2.45) is 4.99 Å². The van der Waals surface area contributed by atoms with Crippen molar-refractivity contribution in [3.63, 3.8) is 0 Å². The SMILES string of the molecule is Fc1cccc(CC2=N[C@H](c3ccccc3)[C@H](c3ccccc3)N2)c1.O=C(O)C(F)(F)F. The molecule has 0 unspecified atom stereocenters. The maximum atomic E-state index is 13.5. The lowest BCUT2D eigenvalue weighted by Crippen LogP contribution is -2.25. The molecule has 1 aliphatic heterocycles. The number of carboxylic acid groups (broad SMARTS) is 1. The van der Waals surface area contributed by atoms with Gasteiger partial charge in [0.25, 0.3) is 0 Å². The van der Waals surface area contributed by atoms with Crippen LogP contribution in [0.2, 0.25) is 0 Å². The fourth-order valence-corrected chi connectivity index (χ4v) is 3.32. The number of aliphatic imine (C=N–C) groups is 1. The highest BCUT2D eigenvalue weighted by Crippen LogP contribution is 2.36. The quantitative estimate of drug-likeness (QED) is 0.524. The van der Waals surface area contributed by atoms with Crippen LogP contribution in [0, 0.1) is 5.82 Å². The van der Waals surface area contributed by atoms with E-state index in [9.17, 15) is 17.6 Å². The first-order chi connectivity index (χ1) is 15.2. The van der Waals surface area contributed by atoms with Crippen molar-refractivity contribution in [1.29, 1.82) is 0 Å². The molecule has 0 saturated heterocycles. The summed E-state index contributed by atoms with van der Waals surface area (Å²) in [5.74, 6) is -2.07. The van der Waals surface area contributed by atoms with Gasteiger partial charge in [-0.2, -0.15) is 13.2 Å². The number of hydrogen-bond donors (Lipinski definition) is 2. The number of carbonyl (C=O) groups is 1. The zero-order valence-electron chi connectivity index (χ0n) is 16.8. The van der Waals surface area contributed by atoms with Crippen LogP contribution in [-0.2, 0) is 11.2 Å². The van der Waals surface area contributed by atoms with Gasteiger partial charge in [0.15, 0.2) is 0 Å². The molecule has 2 atom stereocenters. The van der Waals surface area contributed by atoms with Crippen LogP contribution in [0.15, 0.2) is 89.9 Å². The second kappa shape index (κ2) is 10.1. The Morgan fingerprint density at radius 1 is 0.906 bits per heavy atom. The molecule has 166 valence electrons. The van der Waals surface area contributed by atoms with Crippen molar-refractivity contribution < 1.29 is 27.5 Å². The monoisotopic (exact) mass is 444 g/mol. The van der Waals surface area contributed by atoms with Crippen LogP contribution in [0.1, 0.15) is 28.8 Å². The summed E-state index contributed by atoms with van der Waals surface area (Å²) in [5.41, 5.74) is 3.30. The van der Waals surface area contributed by atoms with Crippen LogP contribution in [0.4, 0.5) is 17.6 Å². The van der Waals surface area contributed by atoms with Gasteiger partial charge in [-0.3, -0.25) is 4.99 Å². The van der Waals surface area contributed by atoms with Crippen LogP contribution in [0.5, 0.6) is 0 Å². The molecule has 32 heavy (non-hydrogen) atoms. The number of halogens is 4. The minimum atomic E-state index is -5.08. The van der Waals surface area contributed by atoms with Gasteiger partial charge in [0.1, 0.15) is 17.7 Å². The lowest BCUT2D eigenvalue weighted by molar-refractivity contribution is -0.192. The summed E-state index contributed by atoms with van der Waals surface area (Å²) in [6, 6.07) is 27.5. The Labute approximate surface area is 182 Å². The molecule has 0 radical (unpaired) electrons.